The number of carbonyl (C=O) groups excluding carboxylic acids is 1. The fourth-order valence-corrected chi connectivity index (χ4v) is 3.53. The number of aryl methyl sites for hydroxylation is 2. The molecule has 0 saturated carbocycles. The fraction of sp³-hybridized carbons (Fsp3) is 0.520. The molecule has 0 aliphatic heterocycles. The van der Waals surface area contributed by atoms with Gasteiger partial charge in [0.05, 0.1) is 0 Å². The highest BCUT2D eigenvalue weighted by molar-refractivity contribution is 5.95. The van der Waals surface area contributed by atoms with Crippen molar-refractivity contribution in [1.82, 2.24) is 15.6 Å². The van der Waals surface area contributed by atoms with Gasteiger partial charge in [-0.25, -0.2) is 4.98 Å². The Morgan fingerprint density at radius 1 is 1.00 bits per heavy atom. The molecule has 0 fully saturated rings. The van der Waals surface area contributed by atoms with Gasteiger partial charge in [-0.3, -0.25) is 4.79 Å². The van der Waals surface area contributed by atoms with E-state index in [2.05, 4.69) is 65.6 Å². The molecule has 1 aromatic carbocycles. The van der Waals surface area contributed by atoms with Crippen LogP contribution in [0, 0.1) is 6.92 Å². The lowest BCUT2D eigenvalue weighted by molar-refractivity contribution is 0.0953. The van der Waals surface area contributed by atoms with Crippen LogP contribution in [0.5, 0.6) is 0 Å². The van der Waals surface area contributed by atoms with Gasteiger partial charge in [0.15, 0.2) is 0 Å². The molecule has 0 spiro atoms. The number of amides is 1. The van der Waals surface area contributed by atoms with Crippen molar-refractivity contribution in [2.24, 2.45) is 0 Å². The van der Waals surface area contributed by atoms with Crippen LogP contribution in [0.3, 0.4) is 0 Å². The standard InChI is InChI=1S/C25H38N4O/c1-5-14-29(15-6-2)24-18-23(16-20(4)28-24)25(30)27-13-9-12-26-19-22-11-8-10-21(7-3)17-22/h8,10-11,16-18,26H,5-7,9,12-15,19H2,1-4H3,(H,27,30). The molecule has 2 N–H and O–H groups in total. The molecule has 0 aliphatic rings. The van der Waals surface area contributed by atoms with Crippen LogP contribution >= 0.6 is 0 Å². The Balaban J connectivity index is 1.80. The zero-order chi connectivity index (χ0) is 21.8. The third-order valence-corrected chi connectivity index (χ3v) is 5.06. The molecule has 164 valence electrons. The monoisotopic (exact) mass is 410 g/mol. The lowest BCUT2D eigenvalue weighted by atomic mass is 10.1. The van der Waals surface area contributed by atoms with Crippen LogP contribution in [0.1, 0.15) is 67.2 Å². The second kappa shape index (κ2) is 13.0. The van der Waals surface area contributed by atoms with E-state index in [0.29, 0.717) is 12.1 Å². The smallest absolute Gasteiger partial charge is 0.251 e. The largest absolute Gasteiger partial charge is 0.357 e. The maximum absolute atomic E-state index is 12.6. The second-order valence-electron chi connectivity index (χ2n) is 7.80. The van der Waals surface area contributed by atoms with E-state index in [1.165, 1.54) is 11.1 Å². The predicted octanol–water partition coefficient (Wildman–Crippen LogP) is 4.49. The van der Waals surface area contributed by atoms with E-state index in [1.807, 2.05) is 19.1 Å². The summed E-state index contributed by atoms with van der Waals surface area (Å²) < 4.78 is 0. The van der Waals surface area contributed by atoms with E-state index in [9.17, 15) is 4.79 Å². The van der Waals surface area contributed by atoms with E-state index >= 15 is 0 Å². The lowest BCUT2D eigenvalue weighted by Crippen LogP contribution is -2.29. The third kappa shape index (κ3) is 7.79. The summed E-state index contributed by atoms with van der Waals surface area (Å²) in [4.78, 5) is 19.6. The van der Waals surface area contributed by atoms with Crippen molar-refractivity contribution in [2.45, 2.75) is 59.9 Å². The molecule has 2 rings (SSSR count). The Hall–Kier alpha value is -2.40. The van der Waals surface area contributed by atoms with Gasteiger partial charge in [-0.15, -0.1) is 0 Å². The molecule has 0 saturated heterocycles. The highest BCUT2D eigenvalue weighted by atomic mass is 16.1. The molecule has 1 aromatic heterocycles. The zero-order valence-corrected chi connectivity index (χ0v) is 19.1. The molecule has 5 nitrogen and oxygen atoms in total. The highest BCUT2D eigenvalue weighted by Crippen LogP contribution is 2.16. The van der Waals surface area contributed by atoms with Crippen molar-refractivity contribution < 1.29 is 4.79 Å². The van der Waals surface area contributed by atoms with Crippen LogP contribution in [0.25, 0.3) is 0 Å². The molecular formula is C25H38N4O. The minimum atomic E-state index is -0.0228. The summed E-state index contributed by atoms with van der Waals surface area (Å²) >= 11 is 0. The molecule has 1 amide bonds. The normalized spacial score (nSPS) is 10.8. The molecule has 0 radical (unpaired) electrons. The number of aromatic nitrogens is 1. The Morgan fingerprint density at radius 2 is 1.73 bits per heavy atom. The van der Waals surface area contributed by atoms with E-state index in [-0.39, 0.29) is 5.91 Å². The lowest BCUT2D eigenvalue weighted by Gasteiger charge is -2.23. The van der Waals surface area contributed by atoms with Gasteiger partial charge >= 0.3 is 0 Å². The first kappa shape index (κ1) is 23.9. The Bertz CT molecular complexity index is 784. The number of carbonyl (C=O) groups is 1. The average molecular weight is 411 g/mol. The number of anilines is 1. The van der Waals surface area contributed by atoms with Gasteiger partial charge in [0.25, 0.3) is 5.91 Å². The van der Waals surface area contributed by atoms with Crippen molar-refractivity contribution >= 4 is 11.7 Å². The van der Waals surface area contributed by atoms with Crippen LogP contribution in [0.2, 0.25) is 0 Å². The first-order valence-electron chi connectivity index (χ1n) is 11.4. The maximum atomic E-state index is 12.6. The summed E-state index contributed by atoms with van der Waals surface area (Å²) in [5.41, 5.74) is 4.25. The zero-order valence-electron chi connectivity index (χ0n) is 19.1. The Kier molecular flexibility index (Phi) is 10.4. The molecule has 0 atom stereocenters. The van der Waals surface area contributed by atoms with Crippen LogP contribution in [-0.2, 0) is 13.0 Å². The van der Waals surface area contributed by atoms with Gasteiger partial charge in [0.2, 0.25) is 0 Å². The summed E-state index contributed by atoms with van der Waals surface area (Å²) in [6, 6.07) is 12.5. The summed E-state index contributed by atoms with van der Waals surface area (Å²) in [5.74, 6) is 0.880. The minimum Gasteiger partial charge on any atom is -0.357 e. The van der Waals surface area contributed by atoms with Crippen LogP contribution in [-0.4, -0.2) is 37.1 Å². The first-order valence-corrected chi connectivity index (χ1v) is 11.4. The summed E-state index contributed by atoms with van der Waals surface area (Å²) in [6.45, 7) is 12.8. The Morgan fingerprint density at radius 3 is 2.43 bits per heavy atom. The van der Waals surface area contributed by atoms with Crippen molar-refractivity contribution in [3.05, 3.63) is 58.8 Å². The molecule has 5 heteroatoms. The van der Waals surface area contributed by atoms with E-state index in [1.54, 1.807) is 0 Å². The van der Waals surface area contributed by atoms with Gasteiger partial charge < -0.3 is 15.5 Å². The highest BCUT2D eigenvalue weighted by Gasteiger charge is 2.12. The topological polar surface area (TPSA) is 57.3 Å². The van der Waals surface area contributed by atoms with E-state index in [0.717, 1.165) is 63.4 Å². The molecule has 0 bridgehead atoms. The second-order valence-corrected chi connectivity index (χ2v) is 7.80. The molecule has 1 heterocycles. The average Bonchev–Trinajstić information content (AvgIpc) is 2.75. The molecule has 30 heavy (non-hydrogen) atoms. The van der Waals surface area contributed by atoms with E-state index < -0.39 is 0 Å². The van der Waals surface area contributed by atoms with E-state index in [4.69, 9.17) is 0 Å². The van der Waals surface area contributed by atoms with Crippen LogP contribution in [0.4, 0.5) is 5.82 Å². The third-order valence-electron chi connectivity index (χ3n) is 5.06. The number of nitrogens with zero attached hydrogens (tertiary/aromatic N) is 2. The van der Waals surface area contributed by atoms with Gasteiger partial charge in [0.1, 0.15) is 5.82 Å². The fourth-order valence-electron chi connectivity index (χ4n) is 3.53. The van der Waals surface area contributed by atoms with Gasteiger partial charge in [-0.1, -0.05) is 45.0 Å². The number of hydrogen-bond acceptors (Lipinski definition) is 4. The van der Waals surface area contributed by atoms with Gasteiger partial charge in [-0.05, 0) is 62.4 Å². The summed E-state index contributed by atoms with van der Waals surface area (Å²) in [7, 11) is 0. The SMILES string of the molecule is CCCN(CCC)c1cc(C(=O)NCCCNCc2cccc(CC)c2)cc(C)n1. The molecule has 0 aliphatic carbocycles. The van der Waals surface area contributed by atoms with Crippen LogP contribution < -0.4 is 15.5 Å². The maximum Gasteiger partial charge on any atom is 0.251 e. The first-order chi connectivity index (χ1) is 14.6. The number of pyridine rings is 1. The summed E-state index contributed by atoms with van der Waals surface area (Å²) in [6.07, 6.45) is 4.08. The molecule has 0 unspecified atom stereocenters. The van der Waals surface area contributed by atoms with Crippen LogP contribution in [0.15, 0.2) is 36.4 Å². The molecular weight excluding hydrogens is 372 g/mol. The van der Waals surface area contributed by atoms with Crippen molar-refractivity contribution in [3.8, 4) is 0 Å². The Labute approximate surface area is 182 Å². The van der Waals surface area contributed by atoms with Gasteiger partial charge in [0, 0.05) is 37.4 Å². The minimum absolute atomic E-state index is 0.0228. The quantitative estimate of drug-likeness (QED) is 0.478. The van der Waals surface area contributed by atoms with Crippen molar-refractivity contribution in [3.63, 3.8) is 0 Å². The summed E-state index contributed by atoms with van der Waals surface area (Å²) in [5, 5.41) is 6.51. The number of benzene rings is 1. The number of nitrogens with one attached hydrogen (secondary N) is 2. The number of rotatable bonds is 13. The van der Waals surface area contributed by atoms with Crippen molar-refractivity contribution in [2.75, 3.05) is 31.1 Å². The number of hydrogen-bond donors (Lipinski definition) is 2. The predicted molar refractivity (Wildman–Crippen MR) is 126 cm³/mol. The van der Waals surface area contributed by atoms with Gasteiger partial charge in [-0.2, -0.15) is 0 Å². The molecule has 2 aromatic rings. The van der Waals surface area contributed by atoms with Crippen molar-refractivity contribution in [1.29, 1.82) is 0 Å².